The van der Waals surface area contributed by atoms with E-state index in [0.717, 1.165) is 49.2 Å². The molecule has 3 rings (SSSR count). The molecule has 5 nitrogen and oxygen atoms in total. The Hall–Kier alpha value is -2.04. The number of carbonyl (C=O) groups excluding carboxylic acids is 2. The number of carbonyl (C=O) groups is 2. The summed E-state index contributed by atoms with van der Waals surface area (Å²) in [7, 11) is 0. The van der Waals surface area contributed by atoms with Gasteiger partial charge in [0.25, 0.3) is 5.91 Å². The van der Waals surface area contributed by atoms with Crippen molar-refractivity contribution in [3.8, 4) is 0 Å². The fourth-order valence-corrected chi connectivity index (χ4v) is 3.30. The fourth-order valence-electron chi connectivity index (χ4n) is 3.30. The molecule has 1 unspecified atom stereocenters. The maximum Gasteiger partial charge on any atom is 0.251 e. The lowest BCUT2D eigenvalue weighted by atomic mass is 9.97. The summed E-state index contributed by atoms with van der Waals surface area (Å²) in [5.74, 6) is 0.155. The SMILES string of the molecule is CC(CN1CCCC1=O)NC(=O)c1cccc2c1CCCN2. The molecule has 2 aliphatic heterocycles. The highest BCUT2D eigenvalue weighted by Gasteiger charge is 2.23. The second-order valence-corrected chi connectivity index (χ2v) is 6.18. The zero-order valence-electron chi connectivity index (χ0n) is 13.0. The summed E-state index contributed by atoms with van der Waals surface area (Å²) >= 11 is 0. The maximum atomic E-state index is 12.5. The zero-order valence-corrected chi connectivity index (χ0v) is 13.0. The first-order valence-electron chi connectivity index (χ1n) is 8.09. The van der Waals surface area contributed by atoms with Crippen molar-refractivity contribution >= 4 is 17.5 Å². The average Bonchev–Trinajstić information content (AvgIpc) is 2.91. The molecule has 1 aromatic carbocycles. The lowest BCUT2D eigenvalue weighted by Gasteiger charge is -2.24. The van der Waals surface area contributed by atoms with Crippen LogP contribution in [0.4, 0.5) is 5.69 Å². The van der Waals surface area contributed by atoms with Crippen molar-refractivity contribution in [3.05, 3.63) is 29.3 Å². The summed E-state index contributed by atoms with van der Waals surface area (Å²) in [5, 5.41) is 6.38. The quantitative estimate of drug-likeness (QED) is 0.891. The number of nitrogens with one attached hydrogen (secondary N) is 2. The van der Waals surface area contributed by atoms with Gasteiger partial charge in [-0.2, -0.15) is 0 Å². The summed E-state index contributed by atoms with van der Waals surface area (Å²) in [6.45, 7) is 4.32. The Morgan fingerprint density at radius 3 is 3.00 bits per heavy atom. The topological polar surface area (TPSA) is 61.4 Å². The van der Waals surface area contributed by atoms with Crippen LogP contribution in [-0.4, -0.2) is 42.4 Å². The second-order valence-electron chi connectivity index (χ2n) is 6.18. The van der Waals surface area contributed by atoms with Crippen molar-refractivity contribution in [3.63, 3.8) is 0 Å². The number of amides is 2. The Bertz CT molecular complexity index is 585. The first-order valence-corrected chi connectivity index (χ1v) is 8.09. The summed E-state index contributed by atoms with van der Waals surface area (Å²) in [5.41, 5.74) is 2.93. The van der Waals surface area contributed by atoms with Crippen LogP contribution in [0.15, 0.2) is 18.2 Å². The van der Waals surface area contributed by atoms with E-state index in [4.69, 9.17) is 0 Å². The van der Waals surface area contributed by atoms with Crippen LogP contribution in [-0.2, 0) is 11.2 Å². The van der Waals surface area contributed by atoms with E-state index in [1.54, 1.807) is 0 Å². The average molecular weight is 301 g/mol. The third-order valence-corrected chi connectivity index (χ3v) is 4.38. The van der Waals surface area contributed by atoms with E-state index in [1.165, 1.54) is 0 Å². The number of hydrogen-bond donors (Lipinski definition) is 2. The minimum absolute atomic E-state index is 0.0399. The minimum Gasteiger partial charge on any atom is -0.385 e. The molecule has 1 fully saturated rings. The molecule has 2 N–H and O–H groups in total. The van der Waals surface area contributed by atoms with Crippen LogP contribution >= 0.6 is 0 Å². The largest absolute Gasteiger partial charge is 0.385 e. The van der Waals surface area contributed by atoms with E-state index in [9.17, 15) is 9.59 Å². The first-order chi connectivity index (χ1) is 10.6. The number of anilines is 1. The summed E-state index contributed by atoms with van der Waals surface area (Å²) in [6, 6.07) is 5.79. The van der Waals surface area contributed by atoms with Gasteiger partial charge >= 0.3 is 0 Å². The van der Waals surface area contributed by atoms with Crippen molar-refractivity contribution < 1.29 is 9.59 Å². The Morgan fingerprint density at radius 1 is 1.36 bits per heavy atom. The van der Waals surface area contributed by atoms with Crippen molar-refractivity contribution in [1.82, 2.24) is 10.2 Å². The van der Waals surface area contributed by atoms with Crippen molar-refractivity contribution in [2.75, 3.05) is 25.0 Å². The van der Waals surface area contributed by atoms with Crippen molar-refractivity contribution in [2.24, 2.45) is 0 Å². The molecule has 0 aliphatic carbocycles. The molecule has 0 aromatic heterocycles. The molecule has 1 aromatic rings. The summed E-state index contributed by atoms with van der Waals surface area (Å²) in [6.07, 6.45) is 3.55. The molecule has 5 heteroatoms. The normalized spacial score (nSPS) is 18.6. The third kappa shape index (κ3) is 3.08. The van der Waals surface area contributed by atoms with E-state index in [2.05, 4.69) is 10.6 Å². The van der Waals surface area contributed by atoms with E-state index >= 15 is 0 Å². The van der Waals surface area contributed by atoms with E-state index in [0.29, 0.717) is 13.0 Å². The van der Waals surface area contributed by atoms with Crippen LogP contribution in [0, 0.1) is 0 Å². The van der Waals surface area contributed by atoms with Crippen LogP contribution in [0.5, 0.6) is 0 Å². The lowest BCUT2D eigenvalue weighted by molar-refractivity contribution is -0.127. The number of rotatable bonds is 4. The predicted molar refractivity (Wildman–Crippen MR) is 86.0 cm³/mol. The summed E-state index contributed by atoms with van der Waals surface area (Å²) < 4.78 is 0. The van der Waals surface area contributed by atoms with Crippen LogP contribution in [0.1, 0.15) is 42.1 Å². The molecule has 0 radical (unpaired) electrons. The Labute approximate surface area is 131 Å². The van der Waals surface area contributed by atoms with Crippen LogP contribution < -0.4 is 10.6 Å². The molecule has 2 aliphatic rings. The molecular formula is C17H23N3O2. The number of hydrogen-bond acceptors (Lipinski definition) is 3. The van der Waals surface area contributed by atoms with Gasteiger partial charge in [-0.15, -0.1) is 0 Å². The van der Waals surface area contributed by atoms with E-state index < -0.39 is 0 Å². The Morgan fingerprint density at radius 2 is 2.23 bits per heavy atom. The molecule has 0 bridgehead atoms. The summed E-state index contributed by atoms with van der Waals surface area (Å²) in [4.78, 5) is 26.0. The standard InChI is InChI=1S/C17H23N3O2/c1-12(11-20-10-4-8-16(20)21)19-17(22)14-5-2-7-15-13(14)6-3-9-18-15/h2,5,7,12,18H,3-4,6,8-11H2,1H3,(H,19,22). The van der Waals surface area contributed by atoms with Gasteiger partial charge in [-0.25, -0.2) is 0 Å². The molecule has 1 atom stereocenters. The molecule has 0 spiro atoms. The van der Waals surface area contributed by atoms with Gasteiger partial charge in [0.15, 0.2) is 0 Å². The van der Waals surface area contributed by atoms with Gasteiger partial charge in [0, 0.05) is 43.3 Å². The van der Waals surface area contributed by atoms with Crippen LogP contribution in [0.3, 0.4) is 0 Å². The van der Waals surface area contributed by atoms with Crippen molar-refractivity contribution in [2.45, 2.75) is 38.6 Å². The molecule has 0 saturated carbocycles. The van der Waals surface area contributed by atoms with Gasteiger partial charge in [0.2, 0.25) is 5.91 Å². The highest BCUT2D eigenvalue weighted by Crippen LogP contribution is 2.25. The third-order valence-electron chi connectivity index (χ3n) is 4.38. The first kappa shape index (κ1) is 14.9. The number of nitrogens with zero attached hydrogens (tertiary/aromatic N) is 1. The Kier molecular flexibility index (Phi) is 4.32. The van der Waals surface area contributed by atoms with Gasteiger partial charge < -0.3 is 15.5 Å². The van der Waals surface area contributed by atoms with Crippen LogP contribution in [0.2, 0.25) is 0 Å². The molecule has 22 heavy (non-hydrogen) atoms. The van der Waals surface area contributed by atoms with Gasteiger partial charge in [0.1, 0.15) is 0 Å². The molecule has 2 heterocycles. The van der Waals surface area contributed by atoms with E-state index in [1.807, 2.05) is 30.0 Å². The smallest absolute Gasteiger partial charge is 0.251 e. The lowest BCUT2D eigenvalue weighted by Crippen LogP contribution is -2.42. The minimum atomic E-state index is -0.0419. The van der Waals surface area contributed by atoms with Gasteiger partial charge in [-0.1, -0.05) is 6.07 Å². The molecule has 118 valence electrons. The number of likely N-dealkylation sites (tertiary alicyclic amines) is 1. The predicted octanol–water partition coefficient (Wildman–Crippen LogP) is 1.79. The fraction of sp³-hybridized carbons (Fsp3) is 0.529. The highest BCUT2D eigenvalue weighted by molar-refractivity contribution is 5.97. The van der Waals surface area contributed by atoms with Gasteiger partial charge in [-0.05, 0) is 43.9 Å². The van der Waals surface area contributed by atoms with Crippen LogP contribution in [0.25, 0.3) is 0 Å². The monoisotopic (exact) mass is 301 g/mol. The van der Waals surface area contributed by atoms with Gasteiger partial charge in [-0.3, -0.25) is 9.59 Å². The number of fused-ring (bicyclic) bond motifs is 1. The highest BCUT2D eigenvalue weighted by atomic mass is 16.2. The molecule has 1 saturated heterocycles. The molecular weight excluding hydrogens is 278 g/mol. The van der Waals surface area contributed by atoms with Crippen molar-refractivity contribution in [1.29, 1.82) is 0 Å². The zero-order chi connectivity index (χ0) is 15.5. The Balaban J connectivity index is 1.65. The van der Waals surface area contributed by atoms with Gasteiger partial charge in [0.05, 0.1) is 0 Å². The maximum absolute atomic E-state index is 12.5. The number of benzene rings is 1. The molecule has 2 amide bonds. The second kappa shape index (κ2) is 6.38. The van der Waals surface area contributed by atoms with E-state index in [-0.39, 0.29) is 17.9 Å².